The van der Waals surface area contributed by atoms with Crippen LogP contribution in [0.1, 0.15) is 10.4 Å². The van der Waals surface area contributed by atoms with Gasteiger partial charge in [-0.2, -0.15) is 0 Å². The van der Waals surface area contributed by atoms with Crippen LogP contribution in [0.2, 0.25) is 5.02 Å². The molecule has 0 aromatic heterocycles. The Morgan fingerprint density at radius 1 is 1.33 bits per heavy atom. The largest absolute Gasteiger partial charge is 0.478 e. The van der Waals surface area contributed by atoms with Gasteiger partial charge in [0, 0.05) is 0 Å². The Morgan fingerprint density at radius 2 is 1.92 bits per heavy atom. The number of carboxylic acid groups (broad SMARTS) is 1. The Balaban J connectivity index is 3.36. The highest BCUT2D eigenvalue weighted by Crippen LogP contribution is 2.20. The minimum atomic E-state index is -1.52. The second-order valence-electron chi connectivity index (χ2n) is 2.03. The molecule has 0 saturated heterocycles. The van der Waals surface area contributed by atoms with Crippen molar-refractivity contribution < 1.29 is 18.7 Å². The molecule has 0 aliphatic rings. The van der Waals surface area contributed by atoms with E-state index in [0.717, 1.165) is 12.1 Å². The summed E-state index contributed by atoms with van der Waals surface area (Å²) in [5.74, 6) is -4.30. The van der Waals surface area contributed by atoms with Gasteiger partial charge in [-0.1, -0.05) is 11.6 Å². The van der Waals surface area contributed by atoms with Gasteiger partial charge in [0.2, 0.25) is 0 Å². The van der Waals surface area contributed by atoms with Gasteiger partial charge in [-0.25, -0.2) is 13.6 Å². The number of hydrogen-bond acceptors (Lipinski definition) is 1. The fourth-order valence-corrected chi connectivity index (χ4v) is 0.837. The molecule has 1 rings (SSSR count). The van der Waals surface area contributed by atoms with Gasteiger partial charge >= 0.3 is 5.97 Å². The van der Waals surface area contributed by atoms with Gasteiger partial charge in [0.05, 0.1) is 10.6 Å². The van der Waals surface area contributed by atoms with Gasteiger partial charge in [0.1, 0.15) is 0 Å². The van der Waals surface area contributed by atoms with Crippen molar-refractivity contribution in [1.82, 2.24) is 0 Å². The normalized spacial score (nSPS) is 9.92. The molecule has 5 heteroatoms. The van der Waals surface area contributed by atoms with Crippen LogP contribution in [0.25, 0.3) is 0 Å². The maximum atomic E-state index is 12.7. The molecule has 12 heavy (non-hydrogen) atoms. The average Bonchev–Trinajstić information content (AvgIpc) is 2.00. The van der Waals surface area contributed by atoms with E-state index < -0.39 is 28.2 Å². The molecular formula is C7H3ClF2O2. The smallest absolute Gasteiger partial charge is 0.338 e. The van der Waals surface area contributed by atoms with Gasteiger partial charge in [-0.3, -0.25) is 0 Å². The van der Waals surface area contributed by atoms with E-state index >= 15 is 0 Å². The summed E-state index contributed by atoms with van der Waals surface area (Å²) in [6.45, 7) is 0. The summed E-state index contributed by atoms with van der Waals surface area (Å²) in [4.78, 5) is 10.2. The Kier molecular flexibility index (Phi) is 2.28. The minimum Gasteiger partial charge on any atom is -0.478 e. The second-order valence-corrected chi connectivity index (χ2v) is 2.44. The third kappa shape index (κ3) is 1.38. The third-order valence-corrected chi connectivity index (χ3v) is 1.56. The molecule has 0 radical (unpaired) electrons. The molecule has 0 amide bonds. The highest BCUT2D eigenvalue weighted by Gasteiger charge is 2.16. The Morgan fingerprint density at radius 3 is 2.42 bits per heavy atom. The molecule has 1 aromatic carbocycles. The molecule has 1 aromatic rings. The van der Waals surface area contributed by atoms with Crippen molar-refractivity contribution >= 4 is 17.6 Å². The van der Waals surface area contributed by atoms with E-state index in [2.05, 4.69) is 0 Å². The Labute approximate surface area is 71.4 Å². The van der Waals surface area contributed by atoms with Gasteiger partial charge in [-0.15, -0.1) is 0 Å². The van der Waals surface area contributed by atoms with E-state index in [1.165, 1.54) is 0 Å². The van der Waals surface area contributed by atoms with E-state index in [0.29, 0.717) is 0 Å². The summed E-state index contributed by atoms with van der Waals surface area (Å²) >= 11 is 5.18. The van der Waals surface area contributed by atoms with Crippen LogP contribution in [0.5, 0.6) is 0 Å². The molecule has 0 fully saturated rings. The average molecular weight is 193 g/mol. The van der Waals surface area contributed by atoms with E-state index in [1.807, 2.05) is 0 Å². The van der Waals surface area contributed by atoms with Crippen molar-refractivity contribution in [2.75, 3.05) is 0 Å². The SMILES string of the molecule is O=C(O)c1ccc(Cl)c(F)c1F. The van der Waals surface area contributed by atoms with Crippen molar-refractivity contribution in [3.8, 4) is 0 Å². The molecule has 0 saturated carbocycles. The first-order chi connectivity index (χ1) is 5.54. The summed E-state index contributed by atoms with van der Waals surface area (Å²) in [5, 5.41) is 7.90. The van der Waals surface area contributed by atoms with Gasteiger partial charge in [0.15, 0.2) is 11.6 Å². The topological polar surface area (TPSA) is 37.3 Å². The standard InChI is InChI=1S/C7H3ClF2O2/c8-4-2-1-3(7(11)12)5(9)6(4)10/h1-2H,(H,11,12). The van der Waals surface area contributed by atoms with Crippen molar-refractivity contribution in [2.24, 2.45) is 0 Å². The number of aromatic carboxylic acids is 1. The lowest BCUT2D eigenvalue weighted by molar-refractivity contribution is 0.0690. The van der Waals surface area contributed by atoms with Crippen molar-refractivity contribution in [3.05, 3.63) is 34.4 Å². The van der Waals surface area contributed by atoms with Crippen LogP contribution >= 0.6 is 11.6 Å². The van der Waals surface area contributed by atoms with Gasteiger partial charge < -0.3 is 5.11 Å². The first-order valence-electron chi connectivity index (χ1n) is 2.91. The lowest BCUT2D eigenvalue weighted by Crippen LogP contribution is -2.02. The number of hydrogen-bond donors (Lipinski definition) is 1. The zero-order valence-corrected chi connectivity index (χ0v) is 6.40. The fourth-order valence-electron chi connectivity index (χ4n) is 0.691. The number of halogens is 3. The lowest BCUT2D eigenvalue weighted by Gasteiger charge is -1.98. The summed E-state index contributed by atoms with van der Waals surface area (Å²) in [7, 11) is 0. The van der Waals surface area contributed by atoms with Crippen molar-refractivity contribution in [1.29, 1.82) is 0 Å². The molecule has 1 N–H and O–H groups in total. The quantitative estimate of drug-likeness (QED) is 0.694. The predicted octanol–water partition coefficient (Wildman–Crippen LogP) is 2.32. The molecule has 0 aliphatic heterocycles. The molecule has 64 valence electrons. The van der Waals surface area contributed by atoms with Crippen molar-refractivity contribution in [2.45, 2.75) is 0 Å². The van der Waals surface area contributed by atoms with Crippen LogP contribution in [0.4, 0.5) is 8.78 Å². The van der Waals surface area contributed by atoms with Crippen LogP contribution in [-0.4, -0.2) is 11.1 Å². The maximum absolute atomic E-state index is 12.7. The first kappa shape index (κ1) is 8.93. The van der Waals surface area contributed by atoms with Gasteiger partial charge in [0.25, 0.3) is 0 Å². The second kappa shape index (κ2) is 3.06. The van der Waals surface area contributed by atoms with E-state index in [4.69, 9.17) is 16.7 Å². The summed E-state index contributed by atoms with van der Waals surface area (Å²) in [5.41, 5.74) is -0.725. The minimum absolute atomic E-state index is 0.433. The Bertz CT molecular complexity index is 338. The molecule has 0 aliphatic carbocycles. The highest BCUT2D eigenvalue weighted by molar-refractivity contribution is 6.30. The predicted molar refractivity (Wildman–Crippen MR) is 38.3 cm³/mol. The fraction of sp³-hybridized carbons (Fsp3) is 0. The maximum Gasteiger partial charge on any atom is 0.338 e. The first-order valence-corrected chi connectivity index (χ1v) is 3.28. The zero-order valence-electron chi connectivity index (χ0n) is 5.64. The molecule has 2 nitrogen and oxygen atoms in total. The molecule has 0 spiro atoms. The monoisotopic (exact) mass is 192 g/mol. The summed E-state index contributed by atoms with van der Waals surface area (Å²) in [6, 6.07) is 1.90. The van der Waals surface area contributed by atoms with E-state index in [1.54, 1.807) is 0 Å². The molecule has 0 atom stereocenters. The van der Waals surface area contributed by atoms with Crippen LogP contribution in [0, 0.1) is 11.6 Å². The van der Waals surface area contributed by atoms with E-state index in [9.17, 15) is 13.6 Å². The van der Waals surface area contributed by atoms with Crippen LogP contribution < -0.4 is 0 Å². The van der Waals surface area contributed by atoms with Crippen LogP contribution in [0.3, 0.4) is 0 Å². The zero-order chi connectivity index (χ0) is 9.30. The molecule has 0 unspecified atom stereocenters. The number of carbonyl (C=O) groups is 1. The summed E-state index contributed by atoms with van der Waals surface area (Å²) < 4.78 is 25.3. The Hall–Kier alpha value is -1.16. The third-order valence-electron chi connectivity index (χ3n) is 1.27. The highest BCUT2D eigenvalue weighted by atomic mass is 35.5. The van der Waals surface area contributed by atoms with Crippen LogP contribution in [0.15, 0.2) is 12.1 Å². The number of rotatable bonds is 1. The van der Waals surface area contributed by atoms with Crippen LogP contribution in [-0.2, 0) is 0 Å². The molecular weight excluding hydrogens is 190 g/mol. The molecule has 0 heterocycles. The van der Waals surface area contributed by atoms with Crippen molar-refractivity contribution in [3.63, 3.8) is 0 Å². The number of benzene rings is 1. The molecule has 0 bridgehead atoms. The summed E-state index contributed by atoms with van der Waals surface area (Å²) in [6.07, 6.45) is 0. The van der Waals surface area contributed by atoms with Gasteiger partial charge in [-0.05, 0) is 12.1 Å². The van der Waals surface area contributed by atoms with E-state index in [-0.39, 0.29) is 0 Å². The lowest BCUT2D eigenvalue weighted by atomic mass is 10.2. The number of carboxylic acids is 1.